The number of sulfonamides is 1. The molecule has 0 aromatic heterocycles. The summed E-state index contributed by atoms with van der Waals surface area (Å²) in [6.07, 6.45) is 4.23. The average Bonchev–Trinajstić information content (AvgIpc) is 2.45. The zero-order valence-electron chi connectivity index (χ0n) is 13.3. The van der Waals surface area contributed by atoms with Gasteiger partial charge in [-0.05, 0) is 61.8 Å². The fraction of sp³-hybridized carbons (Fsp3) is 0.625. The van der Waals surface area contributed by atoms with Gasteiger partial charge in [-0.2, -0.15) is 0 Å². The van der Waals surface area contributed by atoms with Crippen molar-refractivity contribution in [2.45, 2.75) is 57.4 Å². The Morgan fingerprint density at radius 3 is 2.19 bits per heavy atom. The largest absolute Gasteiger partial charge is 0.495 e. The standard InChI is InChI=1S/C16H25NO3S/c1-11(2)12(3)17-21(18,19)16-10-14-8-6-5-7-13(14)9-15(16)20-4/h9-12,17H,5-8H2,1-4H3. The minimum atomic E-state index is -3.56. The number of hydrogen-bond acceptors (Lipinski definition) is 3. The highest BCUT2D eigenvalue weighted by molar-refractivity contribution is 7.89. The highest BCUT2D eigenvalue weighted by atomic mass is 32.2. The Morgan fingerprint density at radius 1 is 1.10 bits per heavy atom. The number of hydrogen-bond donors (Lipinski definition) is 1. The molecule has 0 fully saturated rings. The van der Waals surface area contributed by atoms with Gasteiger partial charge in [-0.15, -0.1) is 0 Å². The summed E-state index contributed by atoms with van der Waals surface area (Å²) >= 11 is 0. The van der Waals surface area contributed by atoms with Crippen LogP contribution in [0.3, 0.4) is 0 Å². The molecule has 0 saturated carbocycles. The molecule has 0 radical (unpaired) electrons. The van der Waals surface area contributed by atoms with Crippen LogP contribution in [0, 0.1) is 5.92 Å². The summed E-state index contributed by atoms with van der Waals surface area (Å²) in [5.74, 6) is 0.683. The molecule has 1 unspecified atom stereocenters. The summed E-state index contributed by atoms with van der Waals surface area (Å²) in [7, 11) is -2.03. The van der Waals surface area contributed by atoms with E-state index in [2.05, 4.69) is 4.72 Å². The second-order valence-corrected chi connectivity index (χ2v) is 7.82. The van der Waals surface area contributed by atoms with Gasteiger partial charge in [-0.1, -0.05) is 13.8 Å². The van der Waals surface area contributed by atoms with Crippen molar-refractivity contribution in [3.05, 3.63) is 23.3 Å². The van der Waals surface area contributed by atoms with Crippen molar-refractivity contribution in [2.24, 2.45) is 5.92 Å². The van der Waals surface area contributed by atoms with Crippen LogP contribution >= 0.6 is 0 Å². The minimum absolute atomic E-state index is 0.115. The molecule has 1 aromatic rings. The van der Waals surface area contributed by atoms with Gasteiger partial charge >= 0.3 is 0 Å². The number of nitrogens with one attached hydrogen (secondary N) is 1. The van der Waals surface area contributed by atoms with Gasteiger partial charge in [0.2, 0.25) is 10.0 Å². The zero-order valence-corrected chi connectivity index (χ0v) is 14.1. The van der Waals surface area contributed by atoms with Gasteiger partial charge in [-0.25, -0.2) is 13.1 Å². The monoisotopic (exact) mass is 311 g/mol. The topological polar surface area (TPSA) is 55.4 Å². The van der Waals surface area contributed by atoms with Crippen LogP contribution in [0.5, 0.6) is 5.75 Å². The first-order valence-corrected chi connectivity index (χ1v) is 9.05. The number of fused-ring (bicyclic) bond motifs is 1. The predicted molar refractivity (Wildman–Crippen MR) is 84.3 cm³/mol. The van der Waals surface area contributed by atoms with E-state index in [0.29, 0.717) is 5.75 Å². The minimum Gasteiger partial charge on any atom is -0.495 e. The Morgan fingerprint density at radius 2 is 1.67 bits per heavy atom. The lowest BCUT2D eigenvalue weighted by molar-refractivity contribution is 0.399. The summed E-state index contributed by atoms with van der Waals surface area (Å²) in [5, 5.41) is 0. The van der Waals surface area contributed by atoms with Crippen molar-refractivity contribution in [1.29, 1.82) is 0 Å². The van der Waals surface area contributed by atoms with Crippen molar-refractivity contribution in [3.63, 3.8) is 0 Å². The fourth-order valence-electron chi connectivity index (χ4n) is 2.55. The summed E-state index contributed by atoms with van der Waals surface area (Å²) in [4.78, 5) is 0.262. The third-order valence-corrected chi connectivity index (χ3v) is 5.84. The second kappa shape index (κ2) is 6.36. The third kappa shape index (κ3) is 3.58. The predicted octanol–water partition coefficient (Wildman–Crippen LogP) is 2.90. The Hall–Kier alpha value is -1.07. The molecule has 1 atom stereocenters. The van der Waals surface area contributed by atoms with Gasteiger partial charge in [0, 0.05) is 6.04 Å². The van der Waals surface area contributed by atoms with Crippen LogP contribution in [0.25, 0.3) is 0 Å². The third-order valence-electron chi connectivity index (χ3n) is 4.26. The molecule has 21 heavy (non-hydrogen) atoms. The first-order valence-electron chi connectivity index (χ1n) is 7.57. The van der Waals surface area contributed by atoms with E-state index in [-0.39, 0.29) is 16.9 Å². The molecule has 4 nitrogen and oxygen atoms in total. The van der Waals surface area contributed by atoms with Gasteiger partial charge in [-0.3, -0.25) is 0 Å². The molecule has 0 heterocycles. The van der Waals surface area contributed by atoms with Crippen LogP contribution in [0.1, 0.15) is 44.7 Å². The van der Waals surface area contributed by atoms with Crippen LogP contribution in [0.2, 0.25) is 0 Å². The van der Waals surface area contributed by atoms with E-state index in [0.717, 1.165) is 31.2 Å². The molecule has 5 heteroatoms. The summed E-state index contributed by atoms with van der Waals surface area (Å²) < 4.78 is 33.3. The van der Waals surface area contributed by atoms with Crippen molar-refractivity contribution >= 4 is 10.0 Å². The molecule has 0 bridgehead atoms. The van der Waals surface area contributed by atoms with Crippen molar-refractivity contribution in [3.8, 4) is 5.75 Å². The maximum absolute atomic E-state index is 12.6. The lowest BCUT2D eigenvalue weighted by atomic mass is 9.92. The first-order chi connectivity index (χ1) is 9.85. The van der Waals surface area contributed by atoms with E-state index < -0.39 is 10.0 Å². The molecule has 1 N–H and O–H groups in total. The van der Waals surface area contributed by atoms with E-state index in [1.807, 2.05) is 26.8 Å². The van der Waals surface area contributed by atoms with E-state index in [1.54, 1.807) is 6.07 Å². The molecule has 0 spiro atoms. The molecular weight excluding hydrogens is 286 g/mol. The smallest absolute Gasteiger partial charge is 0.244 e. The number of ether oxygens (including phenoxy) is 1. The van der Waals surface area contributed by atoms with E-state index in [4.69, 9.17) is 4.74 Å². The van der Waals surface area contributed by atoms with E-state index in [9.17, 15) is 8.42 Å². The maximum atomic E-state index is 12.6. The Bertz CT molecular complexity index is 608. The molecule has 0 saturated heterocycles. The molecule has 1 aliphatic carbocycles. The Labute approximate surface area is 127 Å². The van der Waals surface area contributed by atoms with Gasteiger partial charge in [0.25, 0.3) is 0 Å². The maximum Gasteiger partial charge on any atom is 0.244 e. The van der Waals surface area contributed by atoms with Gasteiger partial charge < -0.3 is 4.74 Å². The lowest BCUT2D eigenvalue weighted by Gasteiger charge is -2.22. The molecule has 118 valence electrons. The fourth-order valence-corrected chi connectivity index (χ4v) is 4.15. The van der Waals surface area contributed by atoms with Gasteiger partial charge in [0.1, 0.15) is 10.6 Å². The number of methoxy groups -OCH3 is 1. The van der Waals surface area contributed by atoms with Crippen LogP contribution < -0.4 is 9.46 Å². The van der Waals surface area contributed by atoms with E-state index >= 15 is 0 Å². The van der Waals surface area contributed by atoms with Gasteiger partial charge in [0.15, 0.2) is 0 Å². The summed E-state index contributed by atoms with van der Waals surface area (Å²) in [6, 6.07) is 3.57. The summed E-state index contributed by atoms with van der Waals surface area (Å²) in [5.41, 5.74) is 2.36. The highest BCUT2D eigenvalue weighted by Gasteiger charge is 2.25. The molecule has 1 aromatic carbocycles. The number of benzene rings is 1. The average molecular weight is 311 g/mol. The van der Waals surface area contributed by atoms with Crippen LogP contribution in [-0.4, -0.2) is 21.6 Å². The SMILES string of the molecule is COc1cc2c(cc1S(=O)(=O)NC(C)C(C)C)CCCC2. The second-order valence-electron chi connectivity index (χ2n) is 6.13. The zero-order chi connectivity index (χ0) is 15.6. The summed E-state index contributed by atoms with van der Waals surface area (Å²) in [6.45, 7) is 5.88. The lowest BCUT2D eigenvalue weighted by Crippen LogP contribution is -2.36. The normalized spacial score (nSPS) is 16.6. The van der Waals surface area contributed by atoms with Gasteiger partial charge in [0.05, 0.1) is 7.11 Å². The van der Waals surface area contributed by atoms with E-state index in [1.165, 1.54) is 12.7 Å². The Kier molecular flexibility index (Phi) is 4.94. The van der Waals surface area contributed by atoms with Crippen LogP contribution in [-0.2, 0) is 22.9 Å². The molecule has 0 aliphatic heterocycles. The molecule has 1 aliphatic rings. The number of aryl methyl sites for hydroxylation is 2. The van der Waals surface area contributed by atoms with Crippen LogP contribution in [0.15, 0.2) is 17.0 Å². The van der Waals surface area contributed by atoms with Crippen molar-refractivity contribution < 1.29 is 13.2 Å². The Balaban J connectivity index is 2.42. The molecule has 2 rings (SSSR count). The van der Waals surface area contributed by atoms with Crippen molar-refractivity contribution in [2.75, 3.05) is 7.11 Å². The molecular formula is C16H25NO3S. The van der Waals surface area contributed by atoms with Crippen LogP contribution in [0.4, 0.5) is 0 Å². The number of rotatable bonds is 5. The molecule has 0 amide bonds. The highest BCUT2D eigenvalue weighted by Crippen LogP contribution is 2.32. The first kappa shape index (κ1) is 16.3. The quantitative estimate of drug-likeness (QED) is 0.909. The van der Waals surface area contributed by atoms with Crippen molar-refractivity contribution in [1.82, 2.24) is 4.72 Å².